The SMILES string of the molecule is COc1cnc(C)cc1NCC1CCOCC1. The second kappa shape index (κ2) is 5.87. The molecule has 2 rings (SSSR count). The smallest absolute Gasteiger partial charge is 0.160 e. The zero-order valence-corrected chi connectivity index (χ0v) is 10.5. The van der Waals surface area contributed by atoms with Crippen LogP contribution < -0.4 is 10.1 Å². The quantitative estimate of drug-likeness (QED) is 0.870. The van der Waals surface area contributed by atoms with Crippen LogP contribution in [-0.2, 0) is 4.74 Å². The molecule has 17 heavy (non-hydrogen) atoms. The largest absolute Gasteiger partial charge is 0.493 e. The van der Waals surface area contributed by atoms with E-state index >= 15 is 0 Å². The van der Waals surface area contributed by atoms with Gasteiger partial charge in [0.2, 0.25) is 0 Å². The predicted molar refractivity (Wildman–Crippen MR) is 67.6 cm³/mol. The van der Waals surface area contributed by atoms with Gasteiger partial charge in [0.1, 0.15) is 0 Å². The molecule has 0 spiro atoms. The summed E-state index contributed by atoms with van der Waals surface area (Å²) in [4.78, 5) is 4.22. The topological polar surface area (TPSA) is 43.4 Å². The molecule has 4 heteroatoms. The molecule has 0 saturated carbocycles. The Morgan fingerprint density at radius 1 is 1.47 bits per heavy atom. The molecule has 0 aliphatic carbocycles. The molecule has 0 amide bonds. The van der Waals surface area contributed by atoms with Crippen LogP contribution in [0.4, 0.5) is 5.69 Å². The molecule has 1 N–H and O–H groups in total. The van der Waals surface area contributed by atoms with Gasteiger partial charge >= 0.3 is 0 Å². The first-order chi connectivity index (χ1) is 8.29. The molecule has 94 valence electrons. The number of nitrogens with zero attached hydrogens (tertiary/aromatic N) is 1. The van der Waals surface area contributed by atoms with E-state index in [0.29, 0.717) is 5.92 Å². The number of aryl methyl sites for hydroxylation is 1. The number of hydrogen-bond acceptors (Lipinski definition) is 4. The number of methoxy groups -OCH3 is 1. The minimum Gasteiger partial charge on any atom is -0.493 e. The summed E-state index contributed by atoms with van der Waals surface area (Å²) < 4.78 is 10.6. The van der Waals surface area contributed by atoms with E-state index in [2.05, 4.69) is 10.3 Å². The van der Waals surface area contributed by atoms with Crippen LogP contribution in [0.1, 0.15) is 18.5 Å². The average Bonchev–Trinajstić information content (AvgIpc) is 2.38. The molecular formula is C13H20N2O2. The fourth-order valence-electron chi connectivity index (χ4n) is 2.05. The van der Waals surface area contributed by atoms with Crippen molar-refractivity contribution in [1.29, 1.82) is 0 Å². The lowest BCUT2D eigenvalue weighted by atomic mass is 10.0. The van der Waals surface area contributed by atoms with Gasteiger partial charge in [0.15, 0.2) is 5.75 Å². The van der Waals surface area contributed by atoms with E-state index < -0.39 is 0 Å². The van der Waals surface area contributed by atoms with E-state index in [1.807, 2.05) is 13.0 Å². The molecule has 1 aliphatic heterocycles. The molecule has 1 fully saturated rings. The van der Waals surface area contributed by atoms with Gasteiger partial charge in [-0.1, -0.05) is 0 Å². The van der Waals surface area contributed by atoms with Crippen LogP contribution in [0.5, 0.6) is 5.75 Å². The van der Waals surface area contributed by atoms with Crippen molar-refractivity contribution >= 4 is 5.69 Å². The van der Waals surface area contributed by atoms with Gasteiger partial charge in [0, 0.05) is 25.5 Å². The predicted octanol–water partition coefficient (Wildman–Crippen LogP) is 2.24. The monoisotopic (exact) mass is 236 g/mol. The molecule has 1 saturated heterocycles. The molecule has 1 aromatic rings. The van der Waals surface area contributed by atoms with Crippen molar-refractivity contribution in [2.24, 2.45) is 5.92 Å². The summed E-state index contributed by atoms with van der Waals surface area (Å²) >= 11 is 0. The first kappa shape index (κ1) is 12.2. The molecular weight excluding hydrogens is 216 g/mol. The fourth-order valence-corrected chi connectivity index (χ4v) is 2.05. The number of nitrogens with one attached hydrogen (secondary N) is 1. The van der Waals surface area contributed by atoms with Gasteiger partial charge in [-0.05, 0) is 31.7 Å². The number of rotatable bonds is 4. The number of pyridine rings is 1. The molecule has 0 unspecified atom stereocenters. The average molecular weight is 236 g/mol. The van der Waals surface area contributed by atoms with Crippen molar-refractivity contribution in [2.45, 2.75) is 19.8 Å². The molecule has 0 bridgehead atoms. The molecule has 0 atom stereocenters. The Balaban J connectivity index is 1.95. The van der Waals surface area contributed by atoms with Gasteiger partial charge in [0.05, 0.1) is 19.0 Å². The van der Waals surface area contributed by atoms with E-state index in [9.17, 15) is 0 Å². The Labute approximate surface area is 102 Å². The van der Waals surface area contributed by atoms with Crippen molar-refractivity contribution in [2.75, 3.05) is 32.2 Å². The summed E-state index contributed by atoms with van der Waals surface area (Å²) in [6, 6.07) is 2.03. The molecule has 1 aliphatic rings. The van der Waals surface area contributed by atoms with Crippen LogP contribution >= 0.6 is 0 Å². The van der Waals surface area contributed by atoms with Gasteiger partial charge in [-0.25, -0.2) is 0 Å². The Morgan fingerprint density at radius 2 is 2.24 bits per heavy atom. The standard InChI is InChI=1S/C13H20N2O2/c1-10-7-12(13(16-2)9-14-10)15-8-11-3-5-17-6-4-11/h7,9,11H,3-6,8H2,1-2H3,(H,14,15). The van der Waals surface area contributed by atoms with Crippen LogP contribution in [0.3, 0.4) is 0 Å². The van der Waals surface area contributed by atoms with E-state index in [1.165, 1.54) is 0 Å². The minimum absolute atomic E-state index is 0.696. The molecule has 2 heterocycles. The number of anilines is 1. The summed E-state index contributed by atoms with van der Waals surface area (Å²) in [5.41, 5.74) is 2.03. The maximum absolute atomic E-state index is 5.35. The third-order valence-electron chi connectivity index (χ3n) is 3.15. The first-order valence-electron chi connectivity index (χ1n) is 6.12. The van der Waals surface area contributed by atoms with E-state index in [0.717, 1.165) is 49.7 Å². The lowest BCUT2D eigenvalue weighted by Crippen LogP contribution is -2.22. The normalized spacial score (nSPS) is 16.8. The van der Waals surface area contributed by atoms with Gasteiger partial charge in [-0.3, -0.25) is 4.98 Å². The van der Waals surface area contributed by atoms with Crippen LogP contribution in [0, 0.1) is 12.8 Å². The van der Waals surface area contributed by atoms with Gasteiger partial charge < -0.3 is 14.8 Å². The van der Waals surface area contributed by atoms with Crippen molar-refractivity contribution < 1.29 is 9.47 Å². The highest BCUT2D eigenvalue weighted by Crippen LogP contribution is 2.24. The van der Waals surface area contributed by atoms with Crippen LogP contribution in [0.2, 0.25) is 0 Å². The van der Waals surface area contributed by atoms with Crippen molar-refractivity contribution in [1.82, 2.24) is 4.98 Å². The minimum atomic E-state index is 0.696. The summed E-state index contributed by atoms with van der Waals surface area (Å²) in [6.07, 6.45) is 4.04. The van der Waals surface area contributed by atoms with E-state index in [4.69, 9.17) is 9.47 Å². The maximum atomic E-state index is 5.35. The molecule has 1 aromatic heterocycles. The Morgan fingerprint density at radius 3 is 2.94 bits per heavy atom. The molecule has 4 nitrogen and oxygen atoms in total. The Bertz CT molecular complexity index is 362. The summed E-state index contributed by atoms with van der Waals surface area (Å²) in [6.45, 7) is 4.74. The Hall–Kier alpha value is -1.29. The maximum Gasteiger partial charge on any atom is 0.160 e. The van der Waals surface area contributed by atoms with Crippen molar-refractivity contribution in [3.05, 3.63) is 18.0 Å². The summed E-state index contributed by atoms with van der Waals surface area (Å²) in [5.74, 6) is 1.50. The van der Waals surface area contributed by atoms with Crippen molar-refractivity contribution in [3.63, 3.8) is 0 Å². The van der Waals surface area contributed by atoms with E-state index in [1.54, 1.807) is 13.3 Å². The van der Waals surface area contributed by atoms with Crippen LogP contribution in [-0.4, -0.2) is 31.9 Å². The second-order valence-electron chi connectivity index (χ2n) is 4.46. The Kier molecular flexibility index (Phi) is 4.20. The molecule has 0 radical (unpaired) electrons. The summed E-state index contributed by atoms with van der Waals surface area (Å²) in [5, 5.41) is 3.45. The number of aromatic nitrogens is 1. The second-order valence-corrected chi connectivity index (χ2v) is 4.46. The molecule has 0 aromatic carbocycles. The van der Waals surface area contributed by atoms with Crippen LogP contribution in [0.25, 0.3) is 0 Å². The zero-order valence-electron chi connectivity index (χ0n) is 10.5. The van der Waals surface area contributed by atoms with E-state index in [-0.39, 0.29) is 0 Å². The van der Waals surface area contributed by atoms with Crippen LogP contribution in [0.15, 0.2) is 12.3 Å². The highest BCUT2D eigenvalue weighted by molar-refractivity contribution is 5.55. The fraction of sp³-hybridized carbons (Fsp3) is 0.615. The lowest BCUT2D eigenvalue weighted by molar-refractivity contribution is 0.0699. The third kappa shape index (κ3) is 3.33. The first-order valence-corrected chi connectivity index (χ1v) is 6.12. The van der Waals surface area contributed by atoms with Gasteiger partial charge in [0.25, 0.3) is 0 Å². The zero-order chi connectivity index (χ0) is 12.1. The van der Waals surface area contributed by atoms with Gasteiger partial charge in [-0.2, -0.15) is 0 Å². The number of hydrogen-bond donors (Lipinski definition) is 1. The highest BCUT2D eigenvalue weighted by Gasteiger charge is 2.14. The lowest BCUT2D eigenvalue weighted by Gasteiger charge is -2.23. The summed E-state index contributed by atoms with van der Waals surface area (Å²) in [7, 11) is 1.67. The number of ether oxygens (including phenoxy) is 2. The third-order valence-corrected chi connectivity index (χ3v) is 3.15. The highest BCUT2D eigenvalue weighted by atomic mass is 16.5. The van der Waals surface area contributed by atoms with Crippen molar-refractivity contribution in [3.8, 4) is 5.75 Å². The van der Waals surface area contributed by atoms with Gasteiger partial charge in [-0.15, -0.1) is 0 Å².